The van der Waals surface area contributed by atoms with Crippen molar-refractivity contribution in [1.29, 1.82) is 0 Å². The van der Waals surface area contributed by atoms with E-state index in [0.717, 1.165) is 16.8 Å². The molecule has 164 valence electrons. The molecule has 4 heterocycles. The first-order valence-corrected chi connectivity index (χ1v) is 10.0. The smallest absolute Gasteiger partial charge is 0.370 e. The number of hydrogen-bond acceptors (Lipinski definition) is 6. The molecule has 0 saturated carbocycles. The summed E-state index contributed by atoms with van der Waals surface area (Å²) < 4.78 is 44.5. The SMILES string of the molecule is Cc1ccc(-c2noc(C)c2Cc2c(N3CCC(C(F)(F)F)CC3)cn[nH]c2=O)cn1. The van der Waals surface area contributed by atoms with E-state index in [0.29, 0.717) is 22.7 Å². The summed E-state index contributed by atoms with van der Waals surface area (Å²) in [5.74, 6) is -0.753. The minimum absolute atomic E-state index is 0.0116. The van der Waals surface area contributed by atoms with Crippen molar-refractivity contribution in [1.82, 2.24) is 20.3 Å². The van der Waals surface area contributed by atoms with E-state index >= 15 is 0 Å². The maximum atomic E-state index is 13.0. The highest BCUT2D eigenvalue weighted by atomic mass is 19.4. The van der Waals surface area contributed by atoms with E-state index in [9.17, 15) is 18.0 Å². The average molecular weight is 433 g/mol. The second kappa shape index (κ2) is 8.16. The maximum Gasteiger partial charge on any atom is 0.391 e. The molecule has 0 radical (unpaired) electrons. The topological polar surface area (TPSA) is 87.9 Å². The molecule has 0 aliphatic carbocycles. The van der Waals surface area contributed by atoms with Crippen LogP contribution in [0.4, 0.5) is 18.9 Å². The first-order chi connectivity index (χ1) is 14.7. The molecule has 0 aromatic carbocycles. The van der Waals surface area contributed by atoms with Gasteiger partial charge in [0.2, 0.25) is 0 Å². The zero-order valence-electron chi connectivity index (χ0n) is 17.2. The quantitative estimate of drug-likeness (QED) is 0.673. The number of rotatable bonds is 4. The molecule has 0 bridgehead atoms. The molecule has 0 atom stereocenters. The second-order valence-electron chi connectivity index (χ2n) is 7.80. The van der Waals surface area contributed by atoms with Crippen LogP contribution in [0.3, 0.4) is 0 Å². The third-order valence-corrected chi connectivity index (χ3v) is 5.76. The molecule has 0 amide bonds. The van der Waals surface area contributed by atoms with Crippen molar-refractivity contribution in [3.63, 3.8) is 0 Å². The van der Waals surface area contributed by atoms with E-state index < -0.39 is 12.1 Å². The van der Waals surface area contributed by atoms with E-state index in [1.54, 1.807) is 18.0 Å². The molecule has 1 N–H and O–H groups in total. The van der Waals surface area contributed by atoms with Crippen LogP contribution in [-0.4, -0.2) is 39.6 Å². The van der Waals surface area contributed by atoms with E-state index in [1.807, 2.05) is 19.1 Å². The highest BCUT2D eigenvalue weighted by Gasteiger charge is 2.41. The molecule has 3 aromatic rings. The monoisotopic (exact) mass is 433 g/mol. The predicted octanol–water partition coefficient (Wildman–Crippen LogP) is 3.81. The number of aryl methyl sites for hydroxylation is 2. The van der Waals surface area contributed by atoms with Crippen LogP contribution < -0.4 is 10.5 Å². The van der Waals surface area contributed by atoms with Gasteiger partial charge in [0.25, 0.3) is 5.56 Å². The molecule has 0 unspecified atom stereocenters. The Labute approximate surface area is 176 Å². The van der Waals surface area contributed by atoms with Crippen molar-refractivity contribution in [2.75, 3.05) is 18.0 Å². The molecular formula is C21H22F3N5O2. The third kappa shape index (κ3) is 4.33. The van der Waals surface area contributed by atoms with Crippen LogP contribution in [0, 0.1) is 19.8 Å². The van der Waals surface area contributed by atoms with E-state index in [-0.39, 0.29) is 37.9 Å². The molecule has 10 heteroatoms. The molecule has 31 heavy (non-hydrogen) atoms. The lowest BCUT2D eigenvalue weighted by molar-refractivity contribution is -0.179. The fraction of sp³-hybridized carbons (Fsp3) is 0.429. The molecule has 1 aliphatic heterocycles. The lowest BCUT2D eigenvalue weighted by atomic mass is 9.95. The minimum Gasteiger partial charge on any atom is -0.370 e. The summed E-state index contributed by atoms with van der Waals surface area (Å²) in [6, 6.07) is 3.74. The summed E-state index contributed by atoms with van der Waals surface area (Å²) in [6.07, 6.45) is -0.816. The number of nitrogens with one attached hydrogen (secondary N) is 1. The lowest BCUT2D eigenvalue weighted by Gasteiger charge is -2.34. The Morgan fingerprint density at radius 1 is 1.16 bits per heavy atom. The number of halogens is 3. The molecule has 1 saturated heterocycles. The Bertz CT molecular complexity index is 1110. The Morgan fingerprint density at radius 3 is 2.55 bits per heavy atom. The van der Waals surface area contributed by atoms with Gasteiger partial charge in [0.1, 0.15) is 11.5 Å². The maximum absolute atomic E-state index is 13.0. The zero-order chi connectivity index (χ0) is 22.2. The summed E-state index contributed by atoms with van der Waals surface area (Å²) in [5, 5.41) is 10.5. The average Bonchev–Trinajstić information content (AvgIpc) is 3.10. The summed E-state index contributed by atoms with van der Waals surface area (Å²) in [6.45, 7) is 4.06. The van der Waals surface area contributed by atoms with Gasteiger partial charge in [-0.15, -0.1) is 0 Å². The lowest BCUT2D eigenvalue weighted by Crippen LogP contribution is -2.40. The number of pyridine rings is 1. The first-order valence-electron chi connectivity index (χ1n) is 10.0. The standard InChI is InChI=1S/C21H22F3N5O2/c1-12-3-4-14(10-25-12)19-16(13(2)31-28-19)9-17-18(11-26-27-20(17)30)29-7-5-15(6-8-29)21(22,23)24/h3-4,10-11,15H,5-9H2,1-2H3,(H,27,30). The van der Waals surface area contributed by atoms with Crippen molar-refractivity contribution in [2.45, 2.75) is 39.3 Å². The molecule has 3 aromatic heterocycles. The summed E-state index contributed by atoms with van der Waals surface area (Å²) in [7, 11) is 0. The van der Waals surface area contributed by atoms with Gasteiger partial charge in [0, 0.05) is 48.1 Å². The van der Waals surface area contributed by atoms with Crippen molar-refractivity contribution in [3.8, 4) is 11.3 Å². The van der Waals surface area contributed by atoms with Crippen molar-refractivity contribution in [2.24, 2.45) is 5.92 Å². The summed E-state index contributed by atoms with van der Waals surface area (Å²) in [4.78, 5) is 18.7. The predicted molar refractivity (Wildman–Crippen MR) is 108 cm³/mol. The summed E-state index contributed by atoms with van der Waals surface area (Å²) >= 11 is 0. The van der Waals surface area contributed by atoms with Crippen LogP contribution in [0.5, 0.6) is 0 Å². The fourth-order valence-corrected chi connectivity index (χ4v) is 3.92. The number of H-pyrrole nitrogens is 1. The summed E-state index contributed by atoms with van der Waals surface area (Å²) in [5.41, 5.74) is 3.52. The molecule has 1 fully saturated rings. The van der Waals surface area contributed by atoms with E-state index in [4.69, 9.17) is 4.52 Å². The van der Waals surface area contributed by atoms with Gasteiger partial charge < -0.3 is 9.42 Å². The van der Waals surface area contributed by atoms with Gasteiger partial charge in [-0.3, -0.25) is 9.78 Å². The van der Waals surface area contributed by atoms with E-state index in [1.165, 1.54) is 6.20 Å². The number of aromatic nitrogens is 4. The third-order valence-electron chi connectivity index (χ3n) is 5.76. The Balaban J connectivity index is 1.65. The van der Waals surface area contributed by atoms with Crippen LogP contribution in [0.25, 0.3) is 11.3 Å². The Kier molecular flexibility index (Phi) is 5.55. The van der Waals surface area contributed by atoms with Crippen LogP contribution in [-0.2, 0) is 6.42 Å². The largest absolute Gasteiger partial charge is 0.391 e. The minimum atomic E-state index is -4.20. The highest BCUT2D eigenvalue weighted by molar-refractivity contribution is 5.64. The Morgan fingerprint density at radius 2 is 1.90 bits per heavy atom. The van der Waals surface area contributed by atoms with Gasteiger partial charge in [-0.25, -0.2) is 5.10 Å². The van der Waals surface area contributed by atoms with Crippen molar-refractivity contribution >= 4 is 5.69 Å². The van der Waals surface area contributed by atoms with Crippen LogP contribution in [0.15, 0.2) is 33.8 Å². The van der Waals surface area contributed by atoms with Crippen LogP contribution >= 0.6 is 0 Å². The number of alkyl halides is 3. The fourth-order valence-electron chi connectivity index (χ4n) is 3.92. The molecule has 0 spiro atoms. The number of aromatic amines is 1. The van der Waals surface area contributed by atoms with Crippen molar-refractivity contribution in [3.05, 3.63) is 57.5 Å². The van der Waals surface area contributed by atoms with Gasteiger partial charge in [0.15, 0.2) is 0 Å². The number of nitrogens with zero attached hydrogens (tertiary/aromatic N) is 4. The number of hydrogen-bond donors (Lipinski definition) is 1. The second-order valence-corrected chi connectivity index (χ2v) is 7.80. The van der Waals surface area contributed by atoms with E-state index in [2.05, 4.69) is 20.3 Å². The zero-order valence-corrected chi connectivity index (χ0v) is 17.2. The number of anilines is 1. The van der Waals surface area contributed by atoms with Gasteiger partial charge in [-0.1, -0.05) is 5.16 Å². The van der Waals surface area contributed by atoms with Crippen molar-refractivity contribution < 1.29 is 17.7 Å². The highest BCUT2D eigenvalue weighted by Crippen LogP contribution is 2.36. The van der Waals surface area contributed by atoms with Gasteiger partial charge in [-0.05, 0) is 38.8 Å². The molecular weight excluding hydrogens is 411 g/mol. The number of piperidine rings is 1. The first kappa shape index (κ1) is 21.1. The molecule has 1 aliphatic rings. The van der Waals surface area contributed by atoms with Gasteiger partial charge >= 0.3 is 6.18 Å². The Hall–Kier alpha value is -3.17. The van der Waals surface area contributed by atoms with Gasteiger partial charge in [-0.2, -0.15) is 18.3 Å². The van der Waals surface area contributed by atoms with Crippen LogP contribution in [0.2, 0.25) is 0 Å². The molecule has 4 rings (SSSR count). The molecule has 7 nitrogen and oxygen atoms in total. The normalized spacial score (nSPS) is 15.5. The van der Waals surface area contributed by atoms with Gasteiger partial charge in [0.05, 0.1) is 17.8 Å². The van der Waals surface area contributed by atoms with Crippen LogP contribution in [0.1, 0.15) is 35.4 Å².